The van der Waals surface area contributed by atoms with Gasteiger partial charge in [0.2, 0.25) is 0 Å². The molecule has 0 radical (unpaired) electrons. The molecule has 1 atom stereocenters. The van der Waals surface area contributed by atoms with Crippen LogP contribution in [0.2, 0.25) is 5.02 Å². The first-order valence-electron chi connectivity index (χ1n) is 9.71. The van der Waals surface area contributed by atoms with Crippen LogP contribution in [0.25, 0.3) is 0 Å². The molecule has 0 aliphatic heterocycles. The number of hydrogen-bond acceptors (Lipinski definition) is 6. The molecule has 8 nitrogen and oxygen atoms in total. The molecule has 4 N–H and O–H groups in total. The van der Waals surface area contributed by atoms with Gasteiger partial charge in [-0.25, -0.2) is 9.18 Å². The summed E-state index contributed by atoms with van der Waals surface area (Å²) in [4.78, 5) is 23.8. The Morgan fingerprint density at radius 3 is 2.53 bits per heavy atom. The topological polar surface area (TPSA) is 109 Å². The largest absolute Gasteiger partial charge is 0.484 e. The molecule has 0 heterocycles. The summed E-state index contributed by atoms with van der Waals surface area (Å²) in [6.07, 6.45) is 0.500. The Morgan fingerprint density at radius 2 is 1.93 bits per heavy atom. The minimum atomic E-state index is -0.922. The highest BCUT2D eigenvalue weighted by molar-refractivity contribution is 6.30. The Balaban J connectivity index is 1.34. The molecule has 3 aliphatic carbocycles. The summed E-state index contributed by atoms with van der Waals surface area (Å²) in [5.41, 5.74) is -1.16. The van der Waals surface area contributed by atoms with Gasteiger partial charge in [-0.05, 0) is 52.2 Å². The van der Waals surface area contributed by atoms with Crippen molar-refractivity contribution >= 4 is 23.6 Å². The lowest BCUT2D eigenvalue weighted by molar-refractivity contribution is -0.150. The standard InChI is InChI=1S/C20H27ClFN3O5/c1-18(2,3)30-17(28)23-7-15(26)24-19-9-20(10-19,11-19)25-16(27)8-29-12-4-5-13(21)14(22)6-12/h4-6,15,24,26H,7-11H2,1-3H3,(H,23,28)(H,25,27). The molecule has 3 saturated carbocycles. The van der Waals surface area contributed by atoms with Crippen LogP contribution in [0.1, 0.15) is 40.0 Å². The van der Waals surface area contributed by atoms with E-state index in [9.17, 15) is 19.1 Å². The Morgan fingerprint density at radius 1 is 1.27 bits per heavy atom. The van der Waals surface area contributed by atoms with Crippen molar-refractivity contribution in [3.63, 3.8) is 0 Å². The van der Waals surface area contributed by atoms with Crippen molar-refractivity contribution < 1.29 is 28.6 Å². The van der Waals surface area contributed by atoms with Gasteiger partial charge >= 0.3 is 6.09 Å². The second kappa shape index (κ2) is 8.20. The predicted molar refractivity (Wildman–Crippen MR) is 108 cm³/mol. The van der Waals surface area contributed by atoms with Gasteiger partial charge in [0, 0.05) is 17.1 Å². The number of amides is 2. The smallest absolute Gasteiger partial charge is 0.407 e. The molecule has 0 spiro atoms. The molecule has 0 aromatic heterocycles. The maximum absolute atomic E-state index is 13.4. The summed E-state index contributed by atoms with van der Waals surface area (Å²) in [6, 6.07) is 3.98. The fourth-order valence-corrected chi connectivity index (χ4v) is 4.14. The third-order valence-corrected chi connectivity index (χ3v) is 5.31. The molecule has 166 valence electrons. The second-order valence-corrected chi connectivity index (χ2v) is 9.45. The summed E-state index contributed by atoms with van der Waals surface area (Å²) < 4.78 is 23.8. The number of alkyl carbamates (subject to hydrolysis) is 1. The summed E-state index contributed by atoms with van der Waals surface area (Å²) in [7, 11) is 0. The molecule has 1 aromatic carbocycles. The summed E-state index contributed by atoms with van der Waals surface area (Å²) in [5, 5.41) is 18.6. The van der Waals surface area contributed by atoms with Crippen LogP contribution in [0, 0.1) is 5.82 Å². The monoisotopic (exact) mass is 443 g/mol. The van der Waals surface area contributed by atoms with E-state index < -0.39 is 23.7 Å². The van der Waals surface area contributed by atoms with Gasteiger partial charge < -0.3 is 25.2 Å². The molecule has 4 rings (SSSR count). The zero-order valence-electron chi connectivity index (χ0n) is 17.2. The van der Waals surface area contributed by atoms with Crippen molar-refractivity contribution in [3.8, 4) is 5.75 Å². The van der Waals surface area contributed by atoms with Crippen LogP contribution in [0.4, 0.5) is 9.18 Å². The first-order valence-corrected chi connectivity index (χ1v) is 10.1. The molecule has 2 bridgehead atoms. The van der Waals surface area contributed by atoms with Crippen molar-refractivity contribution in [1.29, 1.82) is 0 Å². The molecule has 30 heavy (non-hydrogen) atoms. The number of aliphatic hydroxyl groups excluding tert-OH is 1. The maximum atomic E-state index is 13.4. The Kier molecular flexibility index (Phi) is 6.18. The average molecular weight is 444 g/mol. The van der Waals surface area contributed by atoms with Crippen LogP contribution in [-0.4, -0.2) is 53.2 Å². The predicted octanol–water partition coefficient (Wildman–Crippen LogP) is 2.08. The molecule has 10 heteroatoms. The molecule has 3 aliphatic rings. The third-order valence-electron chi connectivity index (χ3n) is 5.01. The molecular weight excluding hydrogens is 417 g/mol. The number of aliphatic hydroxyl groups is 1. The van der Waals surface area contributed by atoms with Gasteiger partial charge in [-0.3, -0.25) is 10.1 Å². The van der Waals surface area contributed by atoms with E-state index >= 15 is 0 Å². The summed E-state index contributed by atoms with van der Waals surface area (Å²) >= 11 is 5.61. The lowest BCUT2D eigenvalue weighted by Crippen LogP contribution is -2.84. The first kappa shape index (κ1) is 22.6. The quantitative estimate of drug-likeness (QED) is 0.458. The molecule has 3 fully saturated rings. The highest BCUT2D eigenvalue weighted by Gasteiger charge is 2.68. The van der Waals surface area contributed by atoms with Crippen molar-refractivity contribution in [3.05, 3.63) is 29.0 Å². The van der Waals surface area contributed by atoms with Gasteiger partial charge in [0.05, 0.1) is 11.6 Å². The Bertz CT molecular complexity index is 809. The van der Waals surface area contributed by atoms with Gasteiger partial charge in [0.25, 0.3) is 5.91 Å². The fraction of sp³-hybridized carbons (Fsp3) is 0.600. The van der Waals surface area contributed by atoms with E-state index in [1.54, 1.807) is 20.8 Å². The number of carbonyl (C=O) groups excluding carboxylic acids is 2. The van der Waals surface area contributed by atoms with Crippen molar-refractivity contribution in [2.24, 2.45) is 0 Å². The zero-order valence-corrected chi connectivity index (χ0v) is 17.9. The van der Waals surface area contributed by atoms with Crippen LogP contribution < -0.4 is 20.7 Å². The average Bonchev–Trinajstić information content (AvgIpc) is 2.56. The summed E-state index contributed by atoms with van der Waals surface area (Å²) in [6.45, 7) is 5.06. The highest BCUT2D eigenvalue weighted by Crippen LogP contribution is 2.60. The lowest BCUT2D eigenvalue weighted by Gasteiger charge is -2.71. The number of nitrogens with one attached hydrogen (secondary N) is 3. The summed E-state index contributed by atoms with van der Waals surface area (Å²) in [5.74, 6) is -0.684. The number of halogens is 2. The van der Waals surface area contributed by atoms with Crippen molar-refractivity contribution in [2.45, 2.75) is 62.9 Å². The van der Waals surface area contributed by atoms with Crippen LogP contribution in [-0.2, 0) is 9.53 Å². The van der Waals surface area contributed by atoms with E-state index in [1.807, 2.05) is 0 Å². The lowest BCUT2D eigenvalue weighted by atomic mass is 9.44. The van der Waals surface area contributed by atoms with E-state index in [1.165, 1.54) is 12.1 Å². The second-order valence-electron chi connectivity index (χ2n) is 9.05. The Labute approximate surface area is 179 Å². The number of ether oxygens (including phenoxy) is 2. The van der Waals surface area contributed by atoms with Crippen LogP contribution in [0.5, 0.6) is 5.75 Å². The van der Waals surface area contributed by atoms with Gasteiger partial charge in [0.15, 0.2) is 6.61 Å². The normalized spacial score (nSPS) is 25.4. The van der Waals surface area contributed by atoms with Crippen molar-refractivity contribution in [1.82, 2.24) is 16.0 Å². The molecule has 0 saturated heterocycles. The van der Waals surface area contributed by atoms with E-state index in [2.05, 4.69) is 16.0 Å². The van der Waals surface area contributed by atoms with E-state index in [0.717, 1.165) is 6.07 Å². The molecular formula is C20H27ClFN3O5. The number of benzene rings is 1. The minimum Gasteiger partial charge on any atom is -0.484 e. The van der Waals surface area contributed by atoms with E-state index in [-0.39, 0.29) is 40.9 Å². The molecule has 1 aromatic rings. The minimum absolute atomic E-state index is 0.0121. The molecule has 2 amide bonds. The molecule has 1 unspecified atom stereocenters. The van der Waals surface area contributed by atoms with E-state index in [4.69, 9.17) is 21.1 Å². The van der Waals surface area contributed by atoms with Crippen LogP contribution in [0.3, 0.4) is 0 Å². The third kappa shape index (κ3) is 5.53. The number of rotatable bonds is 8. The zero-order chi connectivity index (χ0) is 22.2. The van der Waals surface area contributed by atoms with Gasteiger partial charge in [-0.2, -0.15) is 0 Å². The highest BCUT2D eigenvalue weighted by atomic mass is 35.5. The first-order chi connectivity index (χ1) is 13.9. The maximum Gasteiger partial charge on any atom is 0.407 e. The van der Waals surface area contributed by atoms with Crippen LogP contribution >= 0.6 is 11.6 Å². The Hall–Kier alpha value is -2.10. The van der Waals surface area contributed by atoms with Crippen molar-refractivity contribution in [2.75, 3.05) is 13.2 Å². The number of hydrogen-bond donors (Lipinski definition) is 4. The number of carbonyl (C=O) groups is 2. The SMILES string of the molecule is CC(C)(C)OC(=O)NCC(O)NC12CC(NC(=O)COc3ccc(Cl)c(F)c3)(C1)C2. The van der Waals surface area contributed by atoms with Gasteiger partial charge in [-0.1, -0.05) is 11.6 Å². The van der Waals surface area contributed by atoms with E-state index in [0.29, 0.717) is 19.3 Å². The van der Waals surface area contributed by atoms with Gasteiger partial charge in [0.1, 0.15) is 23.4 Å². The fourth-order valence-electron chi connectivity index (χ4n) is 4.02. The van der Waals surface area contributed by atoms with Gasteiger partial charge in [-0.15, -0.1) is 0 Å². The van der Waals surface area contributed by atoms with Crippen LogP contribution in [0.15, 0.2) is 18.2 Å².